The Morgan fingerprint density at radius 2 is 0.576 bits per heavy atom. The minimum atomic E-state index is -1.09. The number of hydrogen-bond donors (Lipinski definition) is 2. The third-order valence-corrected chi connectivity index (χ3v) is 19.9. The van der Waals surface area contributed by atoms with Crippen LogP contribution in [-0.2, 0) is 18.9 Å². The number of aliphatic imine (C=N–C) groups is 1. The van der Waals surface area contributed by atoms with Crippen molar-refractivity contribution >= 4 is 35.7 Å². The van der Waals surface area contributed by atoms with Crippen LogP contribution in [0.15, 0.2) is 320 Å². The highest BCUT2D eigenvalue weighted by Gasteiger charge is 2.24. The Bertz CT molecular complexity index is 5650. The molecule has 0 saturated heterocycles. The number of carbonyl (C=O) groups is 5. The number of carboxylic acid groups (broad SMARTS) is 1. The molecule has 2 N–H and O–H groups in total. The van der Waals surface area contributed by atoms with E-state index in [1.807, 2.05) is 176 Å². The number of amidine groups is 1. The van der Waals surface area contributed by atoms with Crippen LogP contribution in [0.3, 0.4) is 0 Å². The maximum absolute atomic E-state index is 13.6. The highest BCUT2D eigenvalue weighted by atomic mass is 16.5. The van der Waals surface area contributed by atoms with Gasteiger partial charge in [0, 0.05) is 56.1 Å². The van der Waals surface area contributed by atoms with Crippen LogP contribution in [0.1, 0.15) is 190 Å². The van der Waals surface area contributed by atoms with Crippen LogP contribution in [0, 0.1) is 47.4 Å². The molecule has 0 aliphatic carbocycles. The molecule has 2 atom stereocenters. The Morgan fingerprint density at radius 3 is 0.873 bits per heavy atom. The maximum Gasteiger partial charge on any atom is 0.339 e. The smallest absolute Gasteiger partial charge is 0.339 e. The van der Waals surface area contributed by atoms with Gasteiger partial charge in [-0.1, -0.05) is 266 Å². The van der Waals surface area contributed by atoms with Crippen molar-refractivity contribution in [3.05, 3.63) is 405 Å². The third-order valence-electron chi connectivity index (χ3n) is 19.9. The molecule has 12 bridgehead atoms. The average molecular weight is 1550 g/mol. The van der Waals surface area contributed by atoms with Gasteiger partial charge >= 0.3 is 29.8 Å². The molecule has 7 heterocycles. The van der Waals surface area contributed by atoms with Crippen molar-refractivity contribution in [3.63, 3.8) is 0 Å². The van der Waals surface area contributed by atoms with E-state index in [-0.39, 0.29) is 44.1 Å². The van der Waals surface area contributed by atoms with E-state index < -0.39 is 29.8 Å². The van der Waals surface area contributed by atoms with E-state index in [1.165, 1.54) is 0 Å². The molecule has 0 radical (unpaired) electrons. The molecule has 12 aromatic carbocycles. The second kappa shape index (κ2) is 41.3. The summed E-state index contributed by atoms with van der Waals surface area (Å²) in [6, 6.07) is 91.2. The zero-order chi connectivity index (χ0) is 81.6. The summed E-state index contributed by atoms with van der Waals surface area (Å²) >= 11 is 0. The molecule has 0 unspecified atom stereocenters. The fourth-order valence-electron chi connectivity index (χ4n) is 13.6. The summed E-state index contributed by atoms with van der Waals surface area (Å²) < 4.78 is 23.0. The summed E-state index contributed by atoms with van der Waals surface area (Å²) in [5, 5.41) is 14.6. The van der Waals surface area contributed by atoms with Crippen LogP contribution in [0.4, 0.5) is 0 Å². The van der Waals surface area contributed by atoms with E-state index in [4.69, 9.17) is 23.9 Å². The van der Waals surface area contributed by atoms with Crippen molar-refractivity contribution in [1.82, 2.24) is 5.32 Å². The topological polar surface area (TPSA) is 167 Å². The van der Waals surface area contributed by atoms with Gasteiger partial charge in [0.25, 0.3) is 0 Å². The van der Waals surface area contributed by atoms with Gasteiger partial charge in [-0.25, -0.2) is 24.0 Å². The fourth-order valence-corrected chi connectivity index (χ4v) is 13.6. The van der Waals surface area contributed by atoms with Crippen molar-refractivity contribution in [1.29, 1.82) is 0 Å². The van der Waals surface area contributed by atoms with E-state index in [9.17, 15) is 29.1 Å². The average Bonchev–Trinajstić information content (AvgIpc) is 0.778. The van der Waals surface area contributed by atoms with Gasteiger partial charge < -0.3 is 29.4 Å². The summed E-state index contributed by atoms with van der Waals surface area (Å²) in [6.45, 7) is 5.09. The first-order chi connectivity index (χ1) is 57.9. The molecule has 7 aliphatic rings. The van der Waals surface area contributed by atoms with Crippen molar-refractivity contribution in [2.45, 2.75) is 77.3 Å². The number of nitrogens with one attached hydrogen (secondary N) is 1. The first kappa shape index (κ1) is 81.2. The molecule has 0 amide bonds. The number of rotatable bonds is 6. The summed E-state index contributed by atoms with van der Waals surface area (Å²) in [5.74, 6) is 23.5. The first-order valence-electron chi connectivity index (χ1n) is 39.7. The van der Waals surface area contributed by atoms with E-state index >= 15 is 0 Å². The molecular formula is C106H86N2O10. The number of hydrogen-bond acceptors (Lipinski definition) is 10. The van der Waals surface area contributed by atoms with Gasteiger partial charge in [-0.3, -0.25) is 4.99 Å². The van der Waals surface area contributed by atoms with Crippen molar-refractivity contribution in [3.8, 4) is 91.9 Å². The zero-order valence-corrected chi connectivity index (χ0v) is 65.7. The molecule has 7 aliphatic heterocycles. The van der Waals surface area contributed by atoms with Gasteiger partial charge in [-0.05, 0) is 218 Å². The van der Waals surface area contributed by atoms with Crippen LogP contribution in [-0.4, -0.2) is 67.2 Å². The number of carbonyl (C=O) groups excluding carboxylic acids is 4. The van der Waals surface area contributed by atoms with E-state index in [2.05, 4.69) is 133 Å². The Kier molecular flexibility index (Phi) is 28.4. The molecule has 118 heavy (non-hydrogen) atoms. The molecule has 0 spiro atoms. The van der Waals surface area contributed by atoms with Crippen LogP contribution in [0.2, 0.25) is 0 Å². The van der Waals surface area contributed by atoms with Crippen LogP contribution in [0.5, 0.6) is 0 Å². The SMILES string of the molecule is C[C@@H](N=C(N[C@H](C)c1ccccc1)c1c2cccc1-c1ccc(cc1)C#Cc1ccccc1C(=O)OCCC/C=C/CCCOC(=O)c1ccccc1C#Cc1ccc(cc1)-c1cccc(c1C(=O)O)-c1ccc(cc1)C#Cc1ccccc1C(=O)OCCC/C=C/CCCOC(=O)c1ccccc1C#Cc1ccc-2cc1)c1ccccc1. The van der Waals surface area contributed by atoms with Crippen molar-refractivity contribution < 1.29 is 48.0 Å². The molecule has 19 rings (SSSR count). The lowest BCUT2D eigenvalue weighted by molar-refractivity contribution is 0.0491. The summed E-state index contributed by atoms with van der Waals surface area (Å²) in [7, 11) is 0. The predicted molar refractivity (Wildman–Crippen MR) is 467 cm³/mol. The van der Waals surface area contributed by atoms with E-state index in [0.29, 0.717) is 135 Å². The van der Waals surface area contributed by atoms with Gasteiger partial charge in [0.05, 0.1) is 60.3 Å². The normalized spacial score (nSPS) is 14.5. The minimum absolute atomic E-state index is 0.134. The van der Waals surface area contributed by atoms with Gasteiger partial charge in [0.15, 0.2) is 0 Å². The molecule has 580 valence electrons. The van der Waals surface area contributed by atoms with E-state index in [1.54, 1.807) is 72.8 Å². The number of nitrogens with zero attached hydrogens (tertiary/aromatic N) is 1. The van der Waals surface area contributed by atoms with Gasteiger partial charge in [0.1, 0.15) is 5.84 Å². The number of carboxylic acids is 1. The van der Waals surface area contributed by atoms with Gasteiger partial charge in [-0.2, -0.15) is 0 Å². The molecule has 0 saturated carbocycles. The van der Waals surface area contributed by atoms with Gasteiger partial charge in [0.2, 0.25) is 0 Å². The standard InChI is InChI=1S/C106H86N2O10/c1-75(81-31-13-11-14-32-81)107-101(108-76(2)82-33-15-12-16-34-82)99-91-43-29-44-92(99)88-65-53-78(54-66-88)48-60-84-36-18-22-40-96(84)104(112)116-72-26-8-4-6-10-28-74-118-106(114)98-42-24-20-38-86(98)62-50-80-57-69-90(70-58-80)94-46-30-45-93(100(94)102(109)110)89-67-55-79(56-68-89)49-61-85-37-19-23-41-97(85)105(113)117-73-27-9-5-3-7-25-71-115-103(111)95-39-21-17-35-83(95)59-47-77-51-63-87(91)64-52-77/h3-6,11-24,29-46,51-58,63-70,75-76H,7-10,25-28,71-74H2,1-2H3,(H,107,108)(H,109,110)/b5-3+,6-4+/t75-,76-/m1/s1. The highest BCUT2D eigenvalue weighted by molar-refractivity contribution is 6.10. The molecule has 12 nitrogen and oxygen atoms in total. The third kappa shape index (κ3) is 21.9. The molecule has 12 heteroatoms. The Labute approximate surface area is 690 Å². The van der Waals surface area contributed by atoms with E-state index in [0.717, 1.165) is 50.1 Å². The van der Waals surface area contributed by atoms with Crippen LogP contribution in [0.25, 0.3) is 44.5 Å². The van der Waals surface area contributed by atoms with Crippen molar-refractivity contribution in [2.24, 2.45) is 4.99 Å². The Morgan fingerprint density at radius 1 is 0.314 bits per heavy atom. The first-order valence-corrected chi connectivity index (χ1v) is 39.7. The second-order valence-electron chi connectivity index (χ2n) is 28.1. The van der Waals surface area contributed by atoms with Crippen LogP contribution < -0.4 is 5.32 Å². The number of aromatic carboxylic acids is 1. The van der Waals surface area contributed by atoms with Crippen molar-refractivity contribution in [2.75, 3.05) is 26.4 Å². The fraction of sp³-hybridized carbons (Fsp3) is 0.151. The largest absolute Gasteiger partial charge is 0.478 e. The Balaban J connectivity index is 0.726. The molecular weight excluding hydrogens is 1460 g/mol. The van der Waals surface area contributed by atoms with Crippen LogP contribution >= 0.6 is 0 Å². The quantitative estimate of drug-likeness (QED) is 0.0406. The maximum atomic E-state index is 13.6. The lowest BCUT2D eigenvalue weighted by Crippen LogP contribution is -2.29. The number of ether oxygens (including phenoxy) is 4. The molecule has 0 fully saturated rings. The highest BCUT2D eigenvalue weighted by Crippen LogP contribution is 2.37. The molecule has 0 aromatic heterocycles. The van der Waals surface area contributed by atoms with Gasteiger partial charge in [-0.15, -0.1) is 0 Å². The Hall–Kier alpha value is -14.8. The lowest BCUT2D eigenvalue weighted by atomic mass is 9.89. The number of esters is 4. The minimum Gasteiger partial charge on any atom is -0.478 e. The second-order valence-corrected chi connectivity index (χ2v) is 28.1. The zero-order valence-electron chi connectivity index (χ0n) is 65.7. The molecule has 12 aromatic rings. The summed E-state index contributed by atoms with van der Waals surface area (Å²) in [6.07, 6.45) is 13.3. The number of allylic oxidation sites excluding steroid dienone is 4. The predicted octanol–water partition coefficient (Wildman–Crippen LogP) is 22.1. The lowest BCUT2D eigenvalue weighted by Gasteiger charge is -2.24. The monoisotopic (exact) mass is 1550 g/mol. The summed E-state index contributed by atoms with van der Waals surface area (Å²) in [4.78, 5) is 72.7. The summed E-state index contributed by atoms with van der Waals surface area (Å²) in [5.41, 5.74) is 15.8. The number of benzene rings is 12.